The largest absolute Gasteiger partial charge is 0.326 e. The second-order valence-electron chi connectivity index (χ2n) is 4.78. The zero-order valence-electron chi connectivity index (χ0n) is 11.1. The van der Waals surface area contributed by atoms with E-state index in [1.807, 2.05) is 6.07 Å². The summed E-state index contributed by atoms with van der Waals surface area (Å²) in [4.78, 5) is 2.30. The fourth-order valence-electron chi connectivity index (χ4n) is 2.07. The highest BCUT2D eigenvalue weighted by Gasteiger charge is 2.04. The van der Waals surface area contributed by atoms with Gasteiger partial charge in [-0.25, -0.2) is 0 Å². The van der Waals surface area contributed by atoms with Gasteiger partial charge in [0.25, 0.3) is 0 Å². The number of hydrogen-bond acceptors (Lipinski definition) is 2. The van der Waals surface area contributed by atoms with Crippen LogP contribution < -0.4 is 5.73 Å². The molecular weight excluding hydrogens is 300 g/mol. The number of rotatable bonds is 5. The topological polar surface area (TPSA) is 29.3 Å². The van der Waals surface area contributed by atoms with Crippen LogP contribution in [0.5, 0.6) is 0 Å². The molecule has 0 saturated carbocycles. The van der Waals surface area contributed by atoms with E-state index in [4.69, 9.17) is 5.73 Å². The van der Waals surface area contributed by atoms with Crippen molar-refractivity contribution >= 4 is 15.9 Å². The van der Waals surface area contributed by atoms with Crippen molar-refractivity contribution in [1.29, 1.82) is 0 Å². The summed E-state index contributed by atoms with van der Waals surface area (Å²) < 4.78 is 1.17. The Labute approximate surface area is 123 Å². The van der Waals surface area contributed by atoms with Gasteiger partial charge in [-0.3, -0.25) is 4.90 Å². The van der Waals surface area contributed by atoms with Crippen LogP contribution in [0.4, 0.5) is 0 Å². The molecule has 2 aromatic rings. The molecule has 0 spiro atoms. The van der Waals surface area contributed by atoms with Crippen LogP contribution in [0.25, 0.3) is 0 Å². The molecule has 0 amide bonds. The maximum atomic E-state index is 5.60. The first-order chi connectivity index (χ1) is 9.19. The summed E-state index contributed by atoms with van der Waals surface area (Å²) in [5.74, 6) is 0. The second-order valence-corrected chi connectivity index (χ2v) is 5.64. The lowest BCUT2D eigenvalue weighted by molar-refractivity contribution is 0.318. The van der Waals surface area contributed by atoms with Gasteiger partial charge in [0.15, 0.2) is 0 Å². The van der Waals surface area contributed by atoms with Crippen LogP contribution in [-0.4, -0.2) is 11.9 Å². The lowest BCUT2D eigenvalue weighted by Crippen LogP contribution is -2.17. The van der Waals surface area contributed by atoms with E-state index in [1.165, 1.54) is 21.2 Å². The van der Waals surface area contributed by atoms with Crippen LogP contribution in [0.1, 0.15) is 16.7 Å². The third-order valence-corrected chi connectivity index (χ3v) is 3.88. The Morgan fingerprint density at radius 3 is 2.21 bits per heavy atom. The Hall–Kier alpha value is -1.16. The van der Waals surface area contributed by atoms with Gasteiger partial charge in [0, 0.05) is 24.1 Å². The molecule has 0 aliphatic rings. The summed E-state index contributed by atoms with van der Waals surface area (Å²) >= 11 is 3.59. The molecule has 0 atom stereocenters. The molecule has 2 aromatic carbocycles. The smallest absolute Gasteiger partial charge is 0.0245 e. The predicted molar refractivity (Wildman–Crippen MR) is 83.6 cm³/mol. The van der Waals surface area contributed by atoms with E-state index in [2.05, 4.69) is 70.3 Å². The first-order valence-electron chi connectivity index (χ1n) is 6.39. The molecule has 19 heavy (non-hydrogen) atoms. The van der Waals surface area contributed by atoms with Gasteiger partial charge >= 0.3 is 0 Å². The maximum Gasteiger partial charge on any atom is 0.0245 e. The summed E-state index contributed by atoms with van der Waals surface area (Å²) in [6.45, 7) is 2.47. The standard InChI is InChI=1S/C16H19BrN2/c1-19(12-15-4-2-3-5-16(15)17)11-14-8-6-13(10-18)7-9-14/h2-9H,10-12,18H2,1H3. The van der Waals surface area contributed by atoms with Gasteiger partial charge in [-0.15, -0.1) is 0 Å². The Balaban J connectivity index is 1.97. The Bertz CT molecular complexity index is 523. The van der Waals surface area contributed by atoms with Crippen LogP contribution in [-0.2, 0) is 19.6 Å². The van der Waals surface area contributed by atoms with Crippen molar-refractivity contribution in [1.82, 2.24) is 4.90 Å². The molecule has 0 aliphatic heterocycles. The highest BCUT2D eigenvalue weighted by atomic mass is 79.9. The van der Waals surface area contributed by atoms with Gasteiger partial charge in [0.2, 0.25) is 0 Å². The van der Waals surface area contributed by atoms with Crippen LogP contribution in [0.15, 0.2) is 53.0 Å². The summed E-state index contributed by atoms with van der Waals surface area (Å²) in [6, 6.07) is 16.8. The minimum atomic E-state index is 0.604. The summed E-state index contributed by atoms with van der Waals surface area (Å²) in [7, 11) is 2.14. The van der Waals surface area contributed by atoms with Crippen molar-refractivity contribution in [3.63, 3.8) is 0 Å². The van der Waals surface area contributed by atoms with E-state index in [0.29, 0.717) is 6.54 Å². The molecule has 100 valence electrons. The van der Waals surface area contributed by atoms with E-state index in [0.717, 1.165) is 13.1 Å². The summed E-state index contributed by atoms with van der Waals surface area (Å²) in [5.41, 5.74) is 9.40. The van der Waals surface area contributed by atoms with E-state index >= 15 is 0 Å². The highest BCUT2D eigenvalue weighted by Crippen LogP contribution is 2.18. The van der Waals surface area contributed by atoms with E-state index < -0.39 is 0 Å². The van der Waals surface area contributed by atoms with E-state index in [-0.39, 0.29) is 0 Å². The van der Waals surface area contributed by atoms with Crippen LogP contribution >= 0.6 is 15.9 Å². The molecule has 0 radical (unpaired) electrons. The normalized spacial score (nSPS) is 10.9. The van der Waals surface area contributed by atoms with Crippen LogP contribution in [0.3, 0.4) is 0 Å². The van der Waals surface area contributed by atoms with Crippen LogP contribution in [0, 0.1) is 0 Å². The average molecular weight is 319 g/mol. The van der Waals surface area contributed by atoms with Crippen molar-refractivity contribution < 1.29 is 0 Å². The molecule has 0 unspecified atom stereocenters. The minimum Gasteiger partial charge on any atom is -0.326 e. The highest BCUT2D eigenvalue weighted by molar-refractivity contribution is 9.10. The quantitative estimate of drug-likeness (QED) is 0.913. The molecule has 3 heteroatoms. The average Bonchev–Trinajstić information content (AvgIpc) is 2.42. The molecule has 0 saturated heterocycles. The summed E-state index contributed by atoms with van der Waals surface area (Å²) in [5, 5.41) is 0. The molecule has 0 aliphatic carbocycles. The third-order valence-electron chi connectivity index (χ3n) is 3.11. The molecule has 0 heterocycles. The predicted octanol–water partition coefficient (Wildman–Crippen LogP) is 3.54. The van der Waals surface area contributed by atoms with Gasteiger partial charge < -0.3 is 5.73 Å². The lowest BCUT2D eigenvalue weighted by Gasteiger charge is -2.18. The first-order valence-corrected chi connectivity index (χ1v) is 7.18. The molecule has 2 nitrogen and oxygen atoms in total. The van der Waals surface area contributed by atoms with Gasteiger partial charge in [-0.05, 0) is 29.8 Å². The van der Waals surface area contributed by atoms with Crippen LogP contribution in [0.2, 0.25) is 0 Å². The molecular formula is C16H19BrN2. The van der Waals surface area contributed by atoms with Gasteiger partial charge in [0.05, 0.1) is 0 Å². The lowest BCUT2D eigenvalue weighted by atomic mass is 10.1. The van der Waals surface area contributed by atoms with E-state index in [9.17, 15) is 0 Å². The second kappa shape index (κ2) is 6.85. The van der Waals surface area contributed by atoms with Gasteiger partial charge in [-0.2, -0.15) is 0 Å². The number of benzene rings is 2. The summed E-state index contributed by atoms with van der Waals surface area (Å²) in [6.07, 6.45) is 0. The number of nitrogens with two attached hydrogens (primary N) is 1. The van der Waals surface area contributed by atoms with Crippen molar-refractivity contribution in [2.45, 2.75) is 19.6 Å². The Kier molecular flexibility index (Phi) is 5.14. The molecule has 2 rings (SSSR count). The van der Waals surface area contributed by atoms with Crippen molar-refractivity contribution in [3.8, 4) is 0 Å². The fourth-order valence-corrected chi connectivity index (χ4v) is 2.48. The van der Waals surface area contributed by atoms with Crippen molar-refractivity contribution in [2.75, 3.05) is 7.05 Å². The molecule has 0 fully saturated rings. The number of hydrogen-bond donors (Lipinski definition) is 1. The van der Waals surface area contributed by atoms with Gasteiger partial charge in [0.1, 0.15) is 0 Å². The molecule has 2 N–H and O–H groups in total. The molecule has 0 bridgehead atoms. The zero-order valence-corrected chi connectivity index (χ0v) is 12.7. The van der Waals surface area contributed by atoms with Crippen molar-refractivity contribution in [3.05, 3.63) is 69.7 Å². The number of halogens is 1. The monoisotopic (exact) mass is 318 g/mol. The minimum absolute atomic E-state index is 0.604. The van der Waals surface area contributed by atoms with Gasteiger partial charge in [-0.1, -0.05) is 58.4 Å². The zero-order chi connectivity index (χ0) is 13.7. The fraction of sp³-hybridized carbons (Fsp3) is 0.250. The molecule has 0 aromatic heterocycles. The Morgan fingerprint density at radius 1 is 0.947 bits per heavy atom. The Morgan fingerprint density at radius 2 is 1.58 bits per heavy atom. The number of nitrogens with zero attached hydrogens (tertiary/aromatic N) is 1. The SMILES string of the molecule is CN(Cc1ccc(CN)cc1)Cc1ccccc1Br. The third kappa shape index (κ3) is 4.16. The first kappa shape index (κ1) is 14.3. The maximum absolute atomic E-state index is 5.60. The van der Waals surface area contributed by atoms with E-state index in [1.54, 1.807) is 0 Å². The van der Waals surface area contributed by atoms with Crippen molar-refractivity contribution in [2.24, 2.45) is 5.73 Å².